The number of unbranched alkanes of at least 4 members (excludes halogenated alkanes) is 1. The number of hydrogen-bond donors (Lipinski definition) is 2. The van der Waals surface area contributed by atoms with Crippen molar-refractivity contribution in [3.8, 4) is 0 Å². The van der Waals surface area contributed by atoms with Crippen molar-refractivity contribution >= 4 is 21.9 Å². The molecule has 0 aliphatic rings. The first-order valence-electron chi connectivity index (χ1n) is 8.98. The number of ether oxygens (including phenoxy) is 1. The van der Waals surface area contributed by atoms with E-state index >= 15 is 0 Å². The number of sulfonamides is 1. The van der Waals surface area contributed by atoms with Crippen LogP contribution in [0.3, 0.4) is 0 Å². The van der Waals surface area contributed by atoms with Gasteiger partial charge in [-0.15, -0.1) is 0 Å². The fraction of sp³-hybridized carbons (Fsp3) is 0.579. The third-order valence-corrected chi connectivity index (χ3v) is 5.54. The first-order valence-corrected chi connectivity index (χ1v) is 10.5. The molecule has 0 fully saturated rings. The van der Waals surface area contributed by atoms with Gasteiger partial charge in [0.15, 0.2) is 0 Å². The summed E-state index contributed by atoms with van der Waals surface area (Å²) in [7, 11) is -2.58. The highest BCUT2D eigenvalue weighted by Crippen LogP contribution is 2.23. The van der Waals surface area contributed by atoms with Gasteiger partial charge in [0, 0.05) is 0 Å². The number of hydrogen-bond acceptors (Lipinski definition) is 5. The molecule has 7 nitrogen and oxygen atoms in total. The lowest BCUT2D eigenvalue weighted by atomic mass is 9.87. The number of benzene rings is 1. The third-order valence-electron chi connectivity index (χ3n) is 4.12. The van der Waals surface area contributed by atoms with E-state index in [0.717, 1.165) is 18.4 Å². The van der Waals surface area contributed by atoms with Crippen LogP contribution in [0.5, 0.6) is 0 Å². The summed E-state index contributed by atoms with van der Waals surface area (Å²) in [4.78, 5) is 23.9. The van der Waals surface area contributed by atoms with E-state index < -0.39 is 34.5 Å². The fourth-order valence-corrected chi connectivity index (χ4v) is 3.40. The van der Waals surface area contributed by atoms with Gasteiger partial charge in [-0.25, -0.2) is 17.9 Å². The van der Waals surface area contributed by atoms with Crippen LogP contribution in [0, 0.1) is 0 Å². The lowest BCUT2D eigenvalue weighted by Gasteiger charge is -2.19. The summed E-state index contributed by atoms with van der Waals surface area (Å²) in [6.45, 7) is 7.62. The minimum atomic E-state index is -3.82. The molecule has 1 aromatic rings. The smallest absolute Gasteiger partial charge is 0.328 e. The molecule has 0 spiro atoms. The molecule has 0 saturated carbocycles. The van der Waals surface area contributed by atoms with Crippen LogP contribution in [0.2, 0.25) is 0 Å². The van der Waals surface area contributed by atoms with Gasteiger partial charge in [0.05, 0.1) is 18.6 Å². The standard InChI is InChI=1S/C19H30N2O5S/c1-6-7-8-16(18(23)26-5)21-17(22)13-20-27(24,25)15-11-9-14(10-12-15)19(2,3)4/h9-12,16,20H,6-8,13H2,1-5H3,(H,21,22). The van der Waals surface area contributed by atoms with Crippen LogP contribution in [0.1, 0.15) is 52.5 Å². The van der Waals surface area contributed by atoms with Crippen molar-refractivity contribution < 1.29 is 22.7 Å². The highest BCUT2D eigenvalue weighted by atomic mass is 32.2. The molecular formula is C19H30N2O5S. The summed E-state index contributed by atoms with van der Waals surface area (Å²) in [5.41, 5.74) is 0.924. The molecule has 0 heterocycles. The van der Waals surface area contributed by atoms with Crippen LogP contribution in [-0.4, -0.2) is 40.0 Å². The Labute approximate surface area is 161 Å². The van der Waals surface area contributed by atoms with Crippen LogP contribution in [0.25, 0.3) is 0 Å². The molecule has 0 aliphatic carbocycles. The Bertz CT molecular complexity index is 736. The highest BCUT2D eigenvalue weighted by Gasteiger charge is 2.22. The maximum Gasteiger partial charge on any atom is 0.328 e. The second kappa shape index (κ2) is 9.85. The lowest BCUT2D eigenvalue weighted by Crippen LogP contribution is -2.45. The number of nitrogens with one attached hydrogen (secondary N) is 2. The molecular weight excluding hydrogens is 368 g/mol. The van der Waals surface area contributed by atoms with Crippen molar-refractivity contribution in [2.24, 2.45) is 0 Å². The van der Waals surface area contributed by atoms with E-state index in [4.69, 9.17) is 0 Å². The summed E-state index contributed by atoms with van der Waals surface area (Å²) in [5, 5.41) is 2.52. The molecule has 1 unspecified atom stereocenters. The van der Waals surface area contributed by atoms with Gasteiger partial charge in [-0.2, -0.15) is 0 Å². The van der Waals surface area contributed by atoms with E-state index in [9.17, 15) is 18.0 Å². The van der Waals surface area contributed by atoms with Gasteiger partial charge < -0.3 is 10.1 Å². The number of amides is 1. The summed E-state index contributed by atoms with van der Waals surface area (Å²) >= 11 is 0. The zero-order chi connectivity index (χ0) is 20.7. The molecule has 8 heteroatoms. The van der Waals surface area contributed by atoms with Crippen LogP contribution in [-0.2, 0) is 29.8 Å². The van der Waals surface area contributed by atoms with Gasteiger partial charge in [-0.3, -0.25) is 4.79 Å². The summed E-state index contributed by atoms with van der Waals surface area (Å²) < 4.78 is 31.7. The largest absolute Gasteiger partial charge is 0.467 e. The first kappa shape index (κ1) is 23.1. The topological polar surface area (TPSA) is 102 Å². The molecule has 0 aliphatic heterocycles. The Kier molecular flexibility index (Phi) is 8.43. The van der Waals surface area contributed by atoms with Gasteiger partial charge in [0.1, 0.15) is 6.04 Å². The predicted molar refractivity (Wildman–Crippen MR) is 104 cm³/mol. The Morgan fingerprint density at radius 2 is 1.74 bits per heavy atom. The zero-order valence-electron chi connectivity index (χ0n) is 16.7. The van der Waals surface area contributed by atoms with Gasteiger partial charge in [0.2, 0.25) is 15.9 Å². The molecule has 152 valence electrons. The quantitative estimate of drug-likeness (QED) is 0.621. The minimum Gasteiger partial charge on any atom is -0.467 e. The van der Waals surface area contributed by atoms with Crippen molar-refractivity contribution in [1.82, 2.24) is 10.0 Å². The van der Waals surface area contributed by atoms with E-state index in [1.807, 2.05) is 27.7 Å². The molecule has 1 rings (SSSR count). The van der Waals surface area contributed by atoms with Crippen molar-refractivity contribution in [1.29, 1.82) is 0 Å². The summed E-state index contributed by atoms with van der Waals surface area (Å²) in [6.07, 6.45) is 2.04. The second-order valence-corrected chi connectivity index (χ2v) is 9.15. The van der Waals surface area contributed by atoms with Gasteiger partial charge in [-0.05, 0) is 29.5 Å². The van der Waals surface area contributed by atoms with Gasteiger partial charge in [0.25, 0.3) is 0 Å². The zero-order valence-corrected chi connectivity index (χ0v) is 17.5. The second-order valence-electron chi connectivity index (χ2n) is 7.38. The predicted octanol–water partition coefficient (Wildman–Crippen LogP) is 2.11. The van der Waals surface area contributed by atoms with Crippen LogP contribution >= 0.6 is 0 Å². The molecule has 1 amide bonds. The molecule has 0 aromatic heterocycles. The maximum atomic E-state index is 12.4. The van der Waals surface area contributed by atoms with Crippen LogP contribution < -0.4 is 10.0 Å². The number of methoxy groups -OCH3 is 1. The fourth-order valence-electron chi connectivity index (χ4n) is 2.42. The third kappa shape index (κ3) is 7.30. The van der Waals surface area contributed by atoms with Crippen LogP contribution in [0.15, 0.2) is 29.2 Å². The SMILES string of the molecule is CCCCC(NC(=O)CNS(=O)(=O)c1ccc(C(C)(C)C)cc1)C(=O)OC. The van der Waals surface area contributed by atoms with Crippen molar-refractivity contribution in [2.75, 3.05) is 13.7 Å². The Morgan fingerprint density at radius 1 is 1.15 bits per heavy atom. The van der Waals surface area contributed by atoms with Crippen molar-refractivity contribution in [2.45, 2.75) is 63.3 Å². The average molecular weight is 399 g/mol. The molecule has 0 bridgehead atoms. The van der Waals surface area contributed by atoms with E-state index in [2.05, 4.69) is 14.8 Å². The normalized spacial score (nSPS) is 13.1. The number of carbonyl (C=O) groups excluding carboxylic acids is 2. The maximum absolute atomic E-state index is 12.4. The van der Waals surface area contributed by atoms with E-state index in [0.29, 0.717) is 6.42 Å². The molecule has 0 saturated heterocycles. The number of rotatable bonds is 9. The highest BCUT2D eigenvalue weighted by molar-refractivity contribution is 7.89. The van der Waals surface area contributed by atoms with Crippen molar-refractivity contribution in [3.05, 3.63) is 29.8 Å². The number of carbonyl (C=O) groups is 2. The molecule has 2 N–H and O–H groups in total. The summed E-state index contributed by atoms with van der Waals surface area (Å²) in [6, 6.07) is 5.76. The Hall–Kier alpha value is -1.93. The summed E-state index contributed by atoms with van der Waals surface area (Å²) in [5.74, 6) is -1.13. The molecule has 0 radical (unpaired) electrons. The van der Waals surface area contributed by atoms with Gasteiger partial charge >= 0.3 is 5.97 Å². The Morgan fingerprint density at radius 3 is 2.22 bits per heavy atom. The monoisotopic (exact) mass is 398 g/mol. The average Bonchev–Trinajstić information content (AvgIpc) is 2.62. The Balaban J connectivity index is 2.71. The van der Waals surface area contributed by atoms with E-state index in [1.165, 1.54) is 19.2 Å². The van der Waals surface area contributed by atoms with E-state index in [-0.39, 0.29) is 10.3 Å². The first-order chi connectivity index (χ1) is 12.5. The molecule has 27 heavy (non-hydrogen) atoms. The molecule has 1 atom stereocenters. The van der Waals surface area contributed by atoms with Crippen molar-refractivity contribution in [3.63, 3.8) is 0 Å². The minimum absolute atomic E-state index is 0.0822. The number of esters is 1. The van der Waals surface area contributed by atoms with Crippen LogP contribution in [0.4, 0.5) is 0 Å². The molecule has 1 aromatic carbocycles. The van der Waals surface area contributed by atoms with Gasteiger partial charge in [-0.1, -0.05) is 52.7 Å². The van der Waals surface area contributed by atoms with E-state index in [1.54, 1.807) is 12.1 Å². The lowest BCUT2D eigenvalue weighted by molar-refractivity contribution is -0.145.